The second kappa shape index (κ2) is 5.88. The van der Waals surface area contributed by atoms with Crippen molar-refractivity contribution in [2.45, 2.75) is 38.0 Å². The molecule has 2 N–H and O–H groups in total. The van der Waals surface area contributed by atoms with Crippen LogP contribution >= 0.6 is 0 Å². The van der Waals surface area contributed by atoms with Crippen LogP contribution in [0.25, 0.3) is 17.0 Å². The standard InChI is InChI=1S/C19H22N4O2/c24-18-14(11-12-7-9-25-10-8-12)17(13-5-6-13)22-23(18)19-20-15-3-1-2-4-16(15)21-19/h1-4,12-13,22H,5-11H2,(H,20,21). The molecule has 0 atom stereocenters. The zero-order valence-corrected chi connectivity index (χ0v) is 14.1. The summed E-state index contributed by atoms with van der Waals surface area (Å²) in [6.45, 7) is 1.62. The number of ether oxygens (including phenoxy) is 1. The van der Waals surface area contributed by atoms with E-state index in [-0.39, 0.29) is 5.56 Å². The van der Waals surface area contributed by atoms with Crippen molar-refractivity contribution < 1.29 is 4.74 Å². The Bertz CT molecular complexity index is 924. The van der Waals surface area contributed by atoms with Gasteiger partial charge in [0.2, 0.25) is 5.95 Å². The van der Waals surface area contributed by atoms with Crippen molar-refractivity contribution in [3.8, 4) is 5.95 Å². The molecule has 1 aromatic carbocycles. The van der Waals surface area contributed by atoms with Gasteiger partial charge in [-0.3, -0.25) is 9.89 Å². The first-order valence-electron chi connectivity index (χ1n) is 9.16. The summed E-state index contributed by atoms with van der Waals surface area (Å²) in [4.78, 5) is 21.0. The molecule has 0 spiro atoms. The third kappa shape index (κ3) is 2.70. The number of aromatic nitrogens is 4. The lowest BCUT2D eigenvalue weighted by molar-refractivity contribution is 0.0664. The van der Waals surface area contributed by atoms with Gasteiger partial charge in [-0.1, -0.05) is 12.1 Å². The third-order valence-electron chi connectivity index (χ3n) is 5.43. The summed E-state index contributed by atoms with van der Waals surface area (Å²) >= 11 is 0. The second-order valence-corrected chi connectivity index (χ2v) is 7.26. The van der Waals surface area contributed by atoms with Crippen LogP contribution in [0.15, 0.2) is 29.1 Å². The van der Waals surface area contributed by atoms with Gasteiger partial charge in [-0.25, -0.2) is 4.98 Å². The smallest absolute Gasteiger partial charge is 0.277 e. The molecule has 130 valence electrons. The van der Waals surface area contributed by atoms with Gasteiger partial charge in [0, 0.05) is 30.4 Å². The molecule has 0 radical (unpaired) electrons. The number of nitrogens with zero attached hydrogens (tertiary/aromatic N) is 2. The van der Waals surface area contributed by atoms with Gasteiger partial charge in [-0.05, 0) is 50.2 Å². The molecule has 1 saturated heterocycles. The van der Waals surface area contributed by atoms with Crippen molar-refractivity contribution in [3.05, 3.63) is 45.9 Å². The van der Waals surface area contributed by atoms with E-state index in [0.717, 1.165) is 54.8 Å². The average molecular weight is 338 g/mol. The highest BCUT2D eigenvalue weighted by Crippen LogP contribution is 2.41. The maximum absolute atomic E-state index is 13.1. The summed E-state index contributed by atoms with van der Waals surface area (Å²) in [7, 11) is 0. The van der Waals surface area contributed by atoms with Gasteiger partial charge in [-0.15, -0.1) is 0 Å². The quantitative estimate of drug-likeness (QED) is 0.768. The number of fused-ring (bicyclic) bond motifs is 1. The van der Waals surface area contributed by atoms with Crippen LogP contribution in [0.3, 0.4) is 0 Å². The number of nitrogens with one attached hydrogen (secondary N) is 2. The second-order valence-electron chi connectivity index (χ2n) is 7.26. The highest BCUT2D eigenvalue weighted by atomic mass is 16.5. The van der Waals surface area contributed by atoms with E-state index in [1.807, 2.05) is 24.3 Å². The van der Waals surface area contributed by atoms with Crippen LogP contribution in [0.5, 0.6) is 0 Å². The number of rotatable bonds is 4. The maximum atomic E-state index is 13.1. The molecule has 0 unspecified atom stereocenters. The lowest BCUT2D eigenvalue weighted by Gasteiger charge is -2.21. The Kier molecular flexibility index (Phi) is 3.52. The summed E-state index contributed by atoms with van der Waals surface area (Å²) in [6, 6.07) is 7.85. The highest BCUT2D eigenvalue weighted by molar-refractivity contribution is 5.75. The highest BCUT2D eigenvalue weighted by Gasteiger charge is 2.32. The number of hydrogen-bond acceptors (Lipinski definition) is 3. The van der Waals surface area contributed by atoms with E-state index >= 15 is 0 Å². The van der Waals surface area contributed by atoms with E-state index in [2.05, 4.69) is 15.1 Å². The van der Waals surface area contributed by atoms with E-state index in [1.54, 1.807) is 4.68 Å². The van der Waals surface area contributed by atoms with Crippen LogP contribution in [0, 0.1) is 5.92 Å². The molecule has 25 heavy (non-hydrogen) atoms. The summed E-state index contributed by atoms with van der Waals surface area (Å²) in [5.41, 5.74) is 3.94. The molecule has 6 heteroatoms. The van der Waals surface area contributed by atoms with Gasteiger partial charge in [-0.2, -0.15) is 4.68 Å². The first-order valence-corrected chi connectivity index (χ1v) is 9.16. The Morgan fingerprint density at radius 2 is 1.96 bits per heavy atom. The van der Waals surface area contributed by atoms with Crippen molar-refractivity contribution in [1.29, 1.82) is 0 Å². The minimum atomic E-state index is 0.0486. The van der Waals surface area contributed by atoms with Gasteiger partial charge in [0.15, 0.2) is 0 Å². The first-order chi connectivity index (χ1) is 12.3. The Labute approximate surface area is 145 Å². The molecule has 2 aliphatic rings. The summed E-state index contributed by atoms with van der Waals surface area (Å²) in [5.74, 6) is 1.62. The predicted octanol–water partition coefficient (Wildman–Crippen LogP) is 2.89. The Morgan fingerprint density at radius 1 is 1.16 bits per heavy atom. The van der Waals surface area contributed by atoms with Crippen LogP contribution in [0.1, 0.15) is 42.9 Å². The minimum absolute atomic E-state index is 0.0486. The maximum Gasteiger partial charge on any atom is 0.277 e. The summed E-state index contributed by atoms with van der Waals surface area (Å²) in [6.07, 6.45) is 5.26. The van der Waals surface area contributed by atoms with E-state index in [1.165, 1.54) is 12.8 Å². The molecular weight excluding hydrogens is 316 g/mol. The molecule has 0 amide bonds. The molecule has 6 nitrogen and oxygen atoms in total. The molecule has 3 heterocycles. The van der Waals surface area contributed by atoms with Gasteiger partial charge in [0.25, 0.3) is 5.56 Å². The molecule has 0 bridgehead atoms. The third-order valence-corrected chi connectivity index (χ3v) is 5.43. The fourth-order valence-corrected chi connectivity index (χ4v) is 3.83. The largest absolute Gasteiger partial charge is 0.381 e. The van der Waals surface area contributed by atoms with E-state index in [9.17, 15) is 4.79 Å². The van der Waals surface area contributed by atoms with Crippen LogP contribution in [-0.4, -0.2) is 33.0 Å². The van der Waals surface area contributed by atoms with Crippen molar-refractivity contribution in [3.63, 3.8) is 0 Å². The molecule has 3 aromatic rings. The number of H-pyrrole nitrogens is 2. The zero-order chi connectivity index (χ0) is 16.8. The molecule has 5 rings (SSSR count). The molecule has 1 aliphatic heterocycles. The summed E-state index contributed by atoms with van der Waals surface area (Å²) in [5, 5.41) is 3.36. The average Bonchev–Trinajstić information content (AvgIpc) is 3.31. The number of aromatic amines is 2. The normalized spacial score (nSPS) is 18.9. The fourth-order valence-electron chi connectivity index (χ4n) is 3.83. The van der Waals surface area contributed by atoms with Crippen LogP contribution in [0.4, 0.5) is 0 Å². The van der Waals surface area contributed by atoms with Crippen molar-refractivity contribution in [1.82, 2.24) is 19.7 Å². The van der Waals surface area contributed by atoms with Gasteiger partial charge < -0.3 is 9.72 Å². The SMILES string of the molecule is O=c1c(CC2CCOCC2)c(C2CC2)[nH]n1-c1nc2ccccc2[nH]1. The van der Waals surface area contributed by atoms with E-state index < -0.39 is 0 Å². The lowest BCUT2D eigenvalue weighted by Crippen LogP contribution is -2.23. The monoisotopic (exact) mass is 338 g/mol. The van der Waals surface area contributed by atoms with Crippen LogP contribution < -0.4 is 5.56 Å². The molecule has 2 fully saturated rings. The van der Waals surface area contributed by atoms with Crippen molar-refractivity contribution in [2.75, 3.05) is 13.2 Å². The van der Waals surface area contributed by atoms with Crippen LogP contribution in [0.2, 0.25) is 0 Å². The zero-order valence-electron chi connectivity index (χ0n) is 14.1. The lowest BCUT2D eigenvalue weighted by atomic mass is 9.92. The topological polar surface area (TPSA) is 75.7 Å². The van der Waals surface area contributed by atoms with Crippen molar-refractivity contribution >= 4 is 11.0 Å². The molecule has 1 saturated carbocycles. The predicted molar refractivity (Wildman–Crippen MR) is 95.3 cm³/mol. The van der Waals surface area contributed by atoms with E-state index in [4.69, 9.17) is 4.74 Å². The fraction of sp³-hybridized carbons (Fsp3) is 0.474. The Balaban J connectivity index is 1.55. The number of imidazole rings is 1. The minimum Gasteiger partial charge on any atom is -0.381 e. The number of benzene rings is 1. The van der Waals surface area contributed by atoms with E-state index in [0.29, 0.717) is 17.8 Å². The summed E-state index contributed by atoms with van der Waals surface area (Å²) < 4.78 is 7.06. The molecule has 2 aromatic heterocycles. The molecular formula is C19H22N4O2. The van der Waals surface area contributed by atoms with Gasteiger partial charge in [0.1, 0.15) is 0 Å². The first kappa shape index (κ1) is 15.0. The van der Waals surface area contributed by atoms with Gasteiger partial charge >= 0.3 is 0 Å². The Morgan fingerprint density at radius 3 is 2.72 bits per heavy atom. The number of hydrogen-bond donors (Lipinski definition) is 2. The number of para-hydroxylation sites is 2. The van der Waals surface area contributed by atoms with Gasteiger partial charge in [0.05, 0.1) is 11.0 Å². The molecule has 1 aliphatic carbocycles. The van der Waals surface area contributed by atoms with Crippen molar-refractivity contribution in [2.24, 2.45) is 5.92 Å². The van der Waals surface area contributed by atoms with Crippen LogP contribution in [-0.2, 0) is 11.2 Å². The Hall–Kier alpha value is -2.34.